The average Bonchev–Trinajstić information content (AvgIpc) is 3.03. The first-order valence-electron chi connectivity index (χ1n) is 6.71. The largest absolute Gasteiger partial charge is 0.264 e. The highest BCUT2D eigenvalue weighted by molar-refractivity contribution is 7.91. The molecule has 7 nitrogen and oxygen atoms in total. The molecule has 23 heavy (non-hydrogen) atoms. The van der Waals surface area contributed by atoms with Crippen LogP contribution in [0, 0.1) is 5.82 Å². The van der Waals surface area contributed by atoms with Crippen molar-refractivity contribution in [3.8, 4) is 11.4 Å². The lowest BCUT2D eigenvalue weighted by atomic mass is 10.3. The van der Waals surface area contributed by atoms with Crippen LogP contribution in [0.4, 0.5) is 4.39 Å². The van der Waals surface area contributed by atoms with E-state index in [2.05, 4.69) is 20.4 Å². The number of tetrazole rings is 1. The first-order chi connectivity index (χ1) is 11.0. The summed E-state index contributed by atoms with van der Waals surface area (Å²) in [7, 11) is -3.54. The van der Waals surface area contributed by atoms with E-state index < -0.39 is 15.7 Å². The second kappa shape index (κ2) is 6.21. The Morgan fingerprint density at radius 3 is 2.61 bits per heavy atom. The first kappa shape index (κ1) is 15.2. The Labute approximate surface area is 131 Å². The van der Waals surface area contributed by atoms with Gasteiger partial charge in [-0.3, -0.25) is 4.98 Å². The molecule has 0 amide bonds. The van der Waals surface area contributed by atoms with Crippen molar-refractivity contribution in [3.05, 3.63) is 54.6 Å². The molecule has 0 radical (unpaired) electrons. The fraction of sp³-hybridized carbons (Fsp3) is 0.143. The van der Waals surface area contributed by atoms with Gasteiger partial charge in [0.15, 0.2) is 9.84 Å². The van der Waals surface area contributed by atoms with Gasteiger partial charge >= 0.3 is 0 Å². The van der Waals surface area contributed by atoms with Gasteiger partial charge in [-0.25, -0.2) is 12.8 Å². The smallest absolute Gasteiger partial charge is 0.206 e. The molecule has 0 aliphatic carbocycles. The number of aryl methyl sites for hydroxylation is 1. The van der Waals surface area contributed by atoms with Crippen molar-refractivity contribution in [3.63, 3.8) is 0 Å². The SMILES string of the molecule is O=S(=O)(CCn1nnc(-c2cccnc2)n1)c1ccc(F)cc1. The fourth-order valence-electron chi connectivity index (χ4n) is 1.91. The molecule has 0 bridgehead atoms. The van der Waals surface area contributed by atoms with E-state index >= 15 is 0 Å². The Kier molecular flexibility index (Phi) is 4.11. The monoisotopic (exact) mass is 333 g/mol. The summed E-state index contributed by atoms with van der Waals surface area (Å²) in [5.41, 5.74) is 0.695. The number of hydrogen-bond donors (Lipinski definition) is 0. The van der Waals surface area contributed by atoms with Gasteiger partial charge in [0.2, 0.25) is 5.82 Å². The van der Waals surface area contributed by atoms with Crippen LogP contribution in [-0.2, 0) is 16.4 Å². The molecule has 0 aliphatic heterocycles. The quantitative estimate of drug-likeness (QED) is 0.655. The Bertz CT molecular complexity index is 894. The average molecular weight is 333 g/mol. The van der Waals surface area contributed by atoms with E-state index in [0.29, 0.717) is 11.4 Å². The highest BCUT2D eigenvalue weighted by atomic mass is 32.2. The third kappa shape index (κ3) is 3.57. The fourth-order valence-corrected chi connectivity index (χ4v) is 3.10. The molecule has 0 spiro atoms. The van der Waals surface area contributed by atoms with Crippen LogP contribution in [0.2, 0.25) is 0 Å². The van der Waals surface area contributed by atoms with Crippen LogP contribution in [0.3, 0.4) is 0 Å². The summed E-state index contributed by atoms with van der Waals surface area (Å²) in [5, 5.41) is 11.8. The molecule has 1 aromatic carbocycles. The predicted molar refractivity (Wildman–Crippen MR) is 79.5 cm³/mol. The van der Waals surface area contributed by atoms with Gasteiger partial charge < -0.3 is 0 Å². The molecule has 3 aromatic rings. The summed E-state index contributed by atoms with van der Waals surface area (Å²) < 4.78 is 37.2. The summed E-state index contributed by atoms with van der Waals surface area (Å²) in [5.74, 6) is -0.318. The first-order valence-corrected chi connectivity index (χ1v) is 8.36. The lowest BCUT2D eigenvalue weighted by Gasteiger charge is -2.03. The van der Waals surface area contributed by atoms with Crippen molar-refractivity contribution in [2.75, 3.05) is 5.75 Å². The molecule has 0 atom stereocenters. The van der Waals surface area contributed by atoms with Crippen LogP contribution in [0.1, 0.15) is 0 Å². The van der Waals surface area contributed by atoms with Crippen molar-refractivity contribution in [2.45, 2.75) is 11.4 Å². The minimum atomic E-state index is -3.54. The van der Waals surface area contributed by atoms with Crippen LogP contribution in [0.5, 0.6) is 0 Å². The van der Waals surface area contributed by atoms with Crippen LogP contribution >= 0.6 is 0 Å². The van der Waals surface area contributed by atoms with E-state index in [4.69, 9.17) is 0 Å². The Balaban J connectivity index is 1.71. The van der Waals surface area contributed by atoms with Crippen molar-refractivity contribution in [1.29, 1.82) is 0 Å². The molecule has 0 unspecified atom stereocenters. The number of halogens is 1. The van der Waals surface area contributed by atoms with E-state index in [1.165, 1.54) is 16.9 Å². The minimum absolute atomic E-state index is 0.0486. The van der Waals surface area contributed by atoms with Crippen LogP contribution in [-0.4, -0.2) is 39.4 Å². The predicted octanol–water partition coefficient (Wildman–Crippen LogP) is 1.35. The number of sulfone groups is 1. The van der Waals surface area contributed by atoms with Gasteiger partial charge in [-0.05, 0) is 41.6 Å². The van der Waals surface area contributed by atoms with Crippen LogP contribution in [0.25, 0.3) is 11.4 Å². The Morgan fingerprint density at radius 2 is 1.91 bits per heavy atom. The summed E-state index contributed by atoms with van der Waals surface area (Å²) >= 11 is 0. The maximum absolute atomic E-state index is 12.9. The molecule has 0 fully saturated rings. The summed E-state index contributed by atoms with van der Waals surface area (Å²) in [6, 6.07) is 8.22. The Hall–Kier alpha value is -2.68. The van der Waals surface area contributed by atoms with E-state index in [9.17, 15) is 12.8 Å². The minimum Gasteiger partial charge on any atom is -0.264 e. The van der Waals surface area contributed by atoms with E-state index in [0.717, 1.165) is 12.1 Å². The molecule has 0 N–H and O–H groups in total. The van der Waals surface area contributed by atoms with Gasteiger partial charge in [-0.1, -0.05) is 0 Å². The third-order valence-electron chi connectivity index (χ3n) is 3.11. The topological polar surface area (TPSA) is 90.6 Å². The van der Waals surface area contributed by atoms with E-state index in [-0.39, 0.29) is 17.2 Å². The highest BCUT2D eigenvalue weighted by Crippen LogP contribution is 2.13. The molecule has 9 heteroatoms. The zero-order valence-electron chi connectivity index (χ0n) is 11.9. The van der Waals surface area contributed by atoms with Gasteiger partial charge in [0, 0.05) is 18.0 Å². The zero-order valence-corrected chi connectivity index (χ0v) is 12.7. The molecule has 2 aromatic heterocycles. The molecular formula is C14H12FN5O2S. The number of rotatable bonds is 5. The molecule has 0 saturated carbocycles. The molecule has 0 saturated heterocycles. The number of aromatic nitrogens is 5. The van der Waals surface area contributed by atoms with Gasteiger partial charge in [-0.2, -0.15) is 4.80 Å². The van der Waals surface area contributed by atoms with Crippen molar-refractivity contribution >= 4 is 9.84 Å². The van der Waals surface area contributed by atoms with Crippen LogP contribution < -0.4 is 0 Å². The number of benzene rings is 1. The second-order valence-corrected chi connectivity index (χ2v) is 6.83. The summed E-state index contributed by atoms with van der Waals surface area (Å²) in [6.45, 7) is 0.0486. The molecule has 118 valence electrons. The molecule has 3 rings (SSSR count). The normalized spacial score (nSPS) is 11.5. The van der Waals surface area contributed by atoms with Crippen LogP contribution in [0.15, 0.2) is 53.7 Å². The Morgan fingerprint density at radius 1 is 1.13 bits per heavy atom. The number of nitrogens with zero attached hydrogens (tertiary/aromatic N) is 5. The third-order valence-corrected chi connectivity index (χ3v) is 4.82. The second-order valence-electron chi connectivity index (χ2n) is 4.72. The summed E-state index contributed by atoms with van der Waals surface area (Å²) in [6.07, 6.45) is 3.22. The van der Waals surface area contributed by atoms with Crippen molar-refractivity contribution < 1.29 is 12.8 Å². The molecule has 0 aliphatic rings. The van der Waals surface area contributed by atoms with E-state index in [1.807, 2.05) is 0 Å². The van der Waals surface area contributed by atoms with Gasteiger partial charge in [0.1, 0.15) is 5.82 Å². The highest BCUT2D eigenvalue weighted by Gasteiger charge is 2.16. The molecule has 2 heterocycles. The van der Waals surface area contributed by atoms with Crippen molar-refractivity contribution in [1.82, 2.24) is 25.2 Å². The number of hydrogen-bond acceptors (Lipinski definition) is 6. The zero-order chi connectivity index (χ0) is 16.3. The van der Waals surface area contributed by atoms with Gasteiger partial charge in [-0.15, -0.1) is 10.2 Å². The van der Waals surface area contributed by atoms with Crippen molar-refractivity contribution in [2.24, 2.45) is 0 Å². The standard InChI is InChI=1S/C14H12FN5O2S/c15-12-3-5-13(6-4-12)23(21,22)9-8-20-18-14(17-19-20)11-2-1-7-16-10-11/h1-7,10H,8-9H2. The molecular weight excluding hydrogens is 321 g/mol. The lowest BCUT2D eigenvalue weighted by Crippen LogP contribution is -2.15. The van der Waals surface area contributed by atoms with Gasteiger partial charge in [0.25, 0.3) is 0 Å². The van der Waals surface area contributed by atoms with Gasteiger partial charge in [0.05, 0.1) is 17.2 Å². The maximum atomic E-state index is 12.9. The van der Waals surface area contributed by atoms with E-state index in [1.54, 1.807) is 24.5 Å². The lowest BCUT2D eigenvalue weighted by molar-refractivity contribution is 0.537. The maximum Gasteiger partial charge on any atom is 0.206 e. The number of pyridine rings is 1. The summed E-state index contributed by atoms with van der Waals surface area (Å²) in [4.78, 5) is 5.23.